The molecule has 4 rings (SSSR count). The van der Waals surface area contributed by atoms with Gasteiger partial charge in [0.05, 0.1) is 17.9 Å². The summed E-state index contributed by atoms with van der Waals surface area (Å²) in [6.45, 7) is 1.90. The summed E-state index contributed by atoms with van der Waals surface area (Å²) in [4.78, 5) is 29.5. The van der Waals surface area contributed by atoms with Gasteiger partial charge in [-0.1, -0.05) is 29.8 Å². The summed E-state index contributed by atoms with van der Waals surface area (Å²) in [6.07, 6.45) is 5.73. The lowest BCUT2D eigenvalue weighted by Gasteiger charge is -2.11. The van der Waals surface area contributed by atoms with Crippen molar-refractivity contribution in [2.24, 2.45) is 0 Å². The largest absolute Gasteiger partial charge is 0.375 e. The summed E-state index contributed by atoms with van der Waals surface area (Å²) in [6, 6.07) is 5.45. The molecule has 1 aliphatic rings. The number of thiazole rings is 1. The molecule has 0 saturated carbocycles. The third-order valence-electron chi connectivity index (χ3n) is 4.52. The number of nitrogens with two attached hydrogens (primary N) is 1. The molecule has 0 radical (unpaired) electrons. The second-order valence-corrected chi connectivity index (χ2v) is 7.67. The Kier molecular flexibility index (Phi) is 4.45. The summed E-state index contributed by atoms with van der Waals surface area (Å²) in [5.41, 5.74) is 9.00. The highest BCUT2D eigenvalue weighted by molar-refractivity contribution is 7.13. The van der Waals surface area contributed by atoms with Crippen LogP contribution in [-0.2, 0) is 11.3 Å². The van der Waals surface area contributed by atoms with Crippen molar-refractivity contribution in [1.82, 2.24) is 9.55 Å². The van der Waals surface area contributed by atoms with Crippen LogP contribution in [0.3, 0.4) is 0 Å². The third-order valence-corrected chi connectivity index (χ3v) is 5.48. The molecule has 136 valence electrons. The van der Waals surface area contributed by atoms with Crippen molar-refractivity contribution < 1.29 is 9.59 Å². The average molecular weight is 398 g/mol. The molecule has 1 aromatic carbocycles. The van der Waals surface area contributed by atoms with Crippen LogP contribution >= 0.6 is 22.9 Å². The number of fused-ring (bicyclic) bond motifs is 1. The fourth-order valence-electron chi connectivity index (χ4n) is 3.45. The van der Waals surface area contributed by atoms with Gasteiger partial charge in [0.1, 0.15) is 0 Å². The van der Waals surface area contributed by atoms with Gasteiger partial charge in [-0.2, -0.15) is 0 Å². The molecule has 27 heavy (non-hydrogen) atoms. The zero-order valence-electron chi connectivity index (χ0n) is 14.5. The van der Waals surface area contributed by atoms with Gasteiger partial charge in [0.15, 0.2) is 16.7 Å². The number of benzene rings is 1. The zero-order chi connectivity index (χ0) is 19.1. The van der Waals surface area contributed by atoms with Crippen LogP contribution in [0.25, 0.3) is 16.5 Å². The number of nitrogens with zero attached hydrogens (tertiary/aromatic N) is 2. The normalized spacial score (nSPS) is 14.0. The van der Waals surface area contributed by atoms with Gasteiger partial charge in [-0.3, -0.25) is 9.59 Å². The smallest absolute Gasteiger partial charge is 0.180 e. The molecule has 2 heterocycles. The van der Waals surface area contributed by atoms with Crippen molar-refractivity contribution in [3.63, 3.8) is 0 Å². The first-order valence-corrected chi connectivity index (χ1v) is 9.64. The van der Waals surface area contributed by atoms with E-state index in [2.05, 4.69) is 4.98 Å². The minimum atomic E-state index is -0.122. The van der Waals surface area contributed by atoms with Crippen molar-refractivity contribution in [2.45, 2.75) is 19.9 Å². The van der Waals surface area contributed by atoms with Gasteiger partial charge in [0.25, 0.3) is 0 Å². The van der Waals surface area contributed by atoms with Crippen molar-refractivity contribution in [3.8, 4) is 0 Å². The second kappa shape index (κ2) is 6.79. The number of anilines is 1. The standard InChI is InChI=1S/C20H16ClN3O2S/c1-11(25)19-18(14-4-2-3-5-17(14)26)15-8-12(21)6-7-16(15)24(19)9-13-10-27-20(22)23-13/h2-4,6-8,10H,5,9H2,1H3,(H2,22,23). The first-order valence-electron chi connectivity index (χ1n) is 8.38. The van der Waals surface area contributed by atoms with Crippen molar-refractivity contribution in [3.05, 3.63) is 63.8 Å². The molecule has 0 fully saturated rings. The number of ketones is 2. The maximum absolute atomic E-state index is 12.6. The van der Waals surface area contributed by atoms with Crippen molar-refractivity contribution in [2.75, 3.05) is 5.73 Å². The molecule has 2 N–H and O–H groups in total. The van der Waals surface area contributed by atoms with Crippen LogP contribution in [0, 0.1) is 0 Å². The Balaban J connectivity index is 2.04. The topological polar surface area (TPSA) is 78.0 Å². The van der Waals surface area contributed by atoms with Gasteiger partial charge in [-0.05, 0) is 18.2 Å². The second-order valence-electron chi connectivity index (χ2n) is 6.34. The molecule has 0 amide bonds. The highest BCUT2D eigenvalue weighted by Gasteiger charge is 2.26. The average Bonchev–Trinajstić information content (AvgIpc) is 3.17. The lowest BCUT2D eigenvalue weighted by molar-refractivity contribution is -0.113. The number of allylic oxidation sites excluding steroid dienone is 4. The zero-order valence-corrected chi connectivity index (χ0v) is 16.1. The Morgan fingerprint density at radius 2 is 2.22 bits per heavy atom. The van der Waals surface area contributed by atoms with E-state index in [1.165, 1.54) is 18.3 Å². The number of Topliss-reactive ketones (excluding diaryl/α,β-unsaturated/α-hetero) is 2. The van der Waals surface area contributed by atoms with E-state index >= 15 is 0 Å². The lowest BCUT2D eigenvalue weighted by Crippen LogP contribution is -2.12. The van der Waals surface area contributed by atoms with Crippen LogP contribution in [0.5, 0.6) is 0 Å². The number of hydrogen-bond donors (Lipinski definition) is 1. The van der Waals surface area contributed by atoms with Gasteiger partial charge in [0.2, 0.25) is 0 Å². The monoisotopic (exact) mass is 397 g/mol. The minimum Gasteiger partial charge on any atom is -0.375 e. The number of carbonyl (C=O) groups excluding carboxylic acids is 2. The Labute approximate surface area is 164 Å². The van der Waals surface area contributed by atoms with Gasteiger partial charge >= 0.3 is 0 Å². The fraction of sp³-hybridized carbons (Fsp3) is 0.150. The molecule has 3 aromatic rings. The lowest BCUT2D eigenvalue weighted by atomic mass is 9.93. The molecule has 0 bridgehead atoms. The van der Waals surface area contributed by atoms with Gasteiger partial charge in [-0.25, -0.2) is 4.98 Å². The number of rotatable bonds is 4. The Hall–Kier alpha value is -2.70. The maximum Gasteiger partial charge on any atom is 0.180 e. The molecule has 0 spiro atoms. The van der Waals surface area contributed by atoms with Gasteiger partial charge in [0, 0.05) is 45.8 Å². The SMILES string of the molecule is CC(=O)c1c(C2=CC=CCC2=O)c2cc(Cl)ccc2n1Cc1csc(N)n1. The first-order chi connectivity index (χ1) is 13.0. The molecule has 1 aliphatic carbocycles. The van der Waals surface area contributed by atoms with Crippen LogP contribution in [0.15, 0.2) is 41.8 Å². The Morgan fingerprint density at radius 3 is 2.89 bits per heavy atom. The highest BCUT2D eigenvalue weighted by Crippen LogP contribution is 2.36. The Bertz CT molecular complexity index is 1150. The summed E-state index contributed by atoms with van der Waals surface area (Å²) < 4.78 is 1.89. The summed E-state index contributed by atoms with van der Waals surface area (Å²) in [5, 5.41) is 3.68. The van der Waals surface area contributed by atoms with Crippen molar-refractivity contribution in [1.29, 1.82) is 0 Å². The van der Waals surface area contributed by atoms with E-state index in [9.17, 15) is 9.59 Å². The molecule has 0 atom stereocenters. The van der Waals surface area contributed by atoms with E-state index in [1.807, 2.05) is 28.2 Å². The summed E-state index contributed by atoms with van der Waals surface area (Å²) in [5.74, 6) is -0.138. The number of carbonyl (C=O) groups is 2. The molecular formula is C20H16ClN3O2S. The van der Waals surface area contributed by atoms with Gasteiger partial charge in [-0.15, -0.1) is 11.3 Å². The van der Waals surface area contributed by atoms with E-state index in [0.717, 1.165) is 16.6 Å². The predicted molar refractivity (Wildman–Crippen MR) is 109 cm³/mol. The molecule has 2 aromatic heterocycles. The predicted octanol–water partition coefficient (Wildman–Crippen LogP) is 4.50. The molecule has 5 nitrogen and oxygen atoms in total. The van der Waals surface area contributed by atoms with Crippen LogP contribution in [0.4, 0.5) is 5.13 Å². The molecule has 0 saturated heterocycles. The number of halogens is 1. The number of aromatic nitrogens is 2. The number of nitrogen functional groups attached to an aromatic ring is 1. The maximum atomic E-state index is 12.6. The fourth-order valence-corrected chi connectivity index (χ4v) is 4.18. The van der Waals surface area contributed by atoms with E-state index in [4.69, 9.17) is 17.3 Å². The van der Waals surface area contributed by atoms with Gasteiger partial charge < -0.3 is 10.3 Å². The molecule has 0 aliphatic heterocycles. The molecule has 7 heteroatoms. The minimum absolute atomic E-state index is 0.0167. The number of hydrogen-bond acceptors (Lipinski definition) is 5. The highest BCUT2D eigenvalue weighted by atomic mass is 35.5. The van der Waals surface area contributed by atoms with Crippen molar-refractivity contribution >= 4 is 56.1 Å². The van der Waals surface area contributed by atoms with Crippen LogP contribution < -0.4 is 5.73 Å². The van der Waals surface area contributed by atoms with E-state index in [1.54, 1.807) is 18.2 Å². The quantitative estimate of drug-likeness (QED) is 0.657. The van der Waals surface area contributed by atoms with E-state index < -0.39 is 0 Å². The van der Waals surface area contributed by atoms with Crippen LogP contribution in [0.2, 0.25) is 5.02 Å². The molecular weight excluding hydrogens is 382 g/mol. The molecule has 0 unspecified atom stereocenters. The Morgan fingerprint density at radius 1 is 1.41 bits per heavy atom. The third kappa shape index (κ3) is 3.11. The summed E-state index contributed by atoms with van der Waals surface area (Å²) in [7, 11) is 0. The van der Waals surface area contributed by atoms with Crippen LogP contribution in [0.1, 0.15) is 35.1 Å². The van der Waals surface area contributed by atoms with E-state index in [-0.39, 0.29) is 11.6 Å². The van der Waals surface area contributed by atoms with E-state index in [0.29, 0.717) is 40.0 Å². The summed E-state index contributed by atoms with van der Waals surface area (Å²) >= 11 is 7.58. The van der Waals surface area contributed by atoms with Crippen LogP contribution in [-0.4, -0.2) is 21.1 Å². The first kappa shape index (κ1) is 17.7.